The van der Waals surface area contributed by atoms with Gasteiger partial charge in [-0.1, -0.05) is 13.8 Å². The minimum Gasteiger partial charge on any atom is -0.387 e. The molecule has 0 spiro atoms. The van der Waals surface area contributed by atoms with E-state index < -0.39 is 30.2 Å². The fourth-order valence-corrected chi connectivity index (χ4v) is 2.29. The Morgan fingerprint density at radius 1 is 1.59 bits per heavy atom. The number of ether oxygens (including phenoxy) is 1. The molecule has 1 aliphatic heterocycles. The van der Waals surface area contributed by atoms with Crippen LogP contribution in [0.2, 0.25) is 0 Å². The second kappa shape index (κ2) is 5.31. The Morgan fingerprint density at radius 2 is 2.18 bits per heavy atom. The highest BCUT2D eigenvalue weighted by molar-refractivity contribution is 5.77. The molecule has 2 atom stereocenters. The topological polar surface area (TPSA) is 49.8 Å². The van der Waals surface area contributed by atoms with Gasteiger partial charge < -0.3 is 14.7 Å². The number of aliphatic hydroxyl groups is 1. The summed E-state index contributed by atoms with van der Waals surface area (Å²) < 4.78 is 19.7. The highest BCUT2D eigenvalue weighted by Gasteiger charge is 2.45. The van der Waals surface area contributed by atoms with Crippen LogP contribution in [-0.4, -0.2) is 54.0 Å². The van der Waals surface area contributed by atoms with Gasteiger partial charge in [0.05, 0.1) is 18.8 Å². The van der Waals surface area contributed by atoms with Crippen molar-refractivity contribution in [1.82, 2.24) is 4.90 Å². The molecule has 1 amide bonds. The van der Waals surface area contributed by atoms with Crippen LogP contribution in [0, 0.1) is 5.41 Å². The van der Waals surface area contributed by atoms with Gasteiger partial charge >= 0.3 is 0 Å². The van der Waals surface area contributed by atoms with Crippen molar-refractivity contribution in [3.05, 3.63) is 0 Å². The quantitative estimate of drug-likeness (QED) is 0.808. The molecule has 0 radical (unpaired) electrons. The molecule has 0 aromatic carbocycles. The summed E-state index contributed by atoms with van der Waals surface area (Å²) >= 11 is 0. The van der Waals surface area contributed by atoms with E-state index in [1.807, 2.05) is 27.7 Å². The number of aliphatic hydroxyl groups excluding tert-OH is 1. The van der Waals surface area contributed by atoms with Gasteiger partial charge in [-0.25, -0.2) is 4.39 Å². The number of alkyl halides is 1. The monoisotopic (exact) mass is 247 g/mol. The summed E-state index contributed by atoms with van der Waals surface area (Å²) in [6, 6.07) is 0. The molecule has 4 nitrogen and oxygen atoms in total. The SMILES string of the molecule is CC(C)O[C@@H]1[C@H](F)CN(C(=O)CO)CC1(C)C. The highest BCUT2D eigenvalue weighted by Crippen LogP contribution is 2.34. The van der Waals surface area contributed by atoms with E-state index in [9.17, 15) is 9.18 Å². The Labute approximate surface area is 102 Å². The molecule has 5 heteroatoms. The van der Waals surface area contributed by atoms with Crippen LogP contribution in [0.15, 0.2) is 0 Å². The second-order valence-electron chi connectivity index (χ2n) is 5.54. The maximum Gasteiger partial charge on any atom is 0.248 e. The van der Waals surface area contributed by atoms with Crippen molar-refractivity contribution in [2.24, 2.45) is 5.41 Å². The summed E-state index contributed by atoms with van der Waals surface area (Å²) in [6.45, 7) is 7.33. The van der Waals surface area contributed by atoms with Crippen LogP contribution in [0.3, 0.4) is 0 Å². The normalized spacial score (nSPS) is 28.5. The molecule has 1 aliphatic rings. The predicted molar refractivity (Wildman–Crippen MR) is 62.4 cm³/mol. The standard InChI is InChI=1S/C12H22FNO3/c1-8(2)17-11-9(13)5-14(10(16)6-15)7-12(11,3)4/h8-9,11,15H,5-7H2,1-4H3/t9-,11-/m1/s1. The minimum absolute atomic E-state index is 0.000208. The van der Waals surface area contributed by atoms with Crippen LogP contribution < -0.4 is 0 Å². The average Bonchev–Trinajstić information content (AvgIpc) is 2.21. The number of rotatable bonds is 3. The maximum atomic E-state index is 14.1. The van der Waals surface area contributed by atoms with Gasteiger partial charge in [-0.05, 0) is 13.8 Å². The van der Waals surface area contributed by atoms with E-state index in [1.165, 1.54) is 4.90 Å². The number of hydrogen-bond donors (Lipinski definition) is 1. The molecule has 100 valence electrons. The van der Waals surface area contributed by atoms with Crippen molar-refractivity contribution in [3.63, 3.8) is 0 Å². The lowest BCUT2D eigenvalue weighted by Gasteiger charge is -2.46. The van der Waals surface area contributed by atoms with Gasteiger partial charge in [0.1, 0.15) is 12.8 Å². The van der Waals surface area contributed by atoms with Crippen molar-refractivity contribution in [3.8, 4) is 0 Å². The Balaban J connectivity index is 2.77. The molecule has 1 fully saturated rings. The first-order valence-electron chi connectivity index (χ1n) is 5.96. The summed E-state index contributed by atoms with van der Waals surface area (Å²) in [5, 5.41) is 8.81. The smallest absolute Gasteiger partial charge is 0.248 e. The Morgan fingerprint density at radius 3 is 2.59 bits per heavy atom. The van der Waals surface area contributed by atoms with Gasteiger partial charge in [0.15, 0.2) is 0 Å². The van der Waals surface area contributed by atoms with Crippen LogP contribution in [0.4, 0.5) is 4.39 Å². The van der Waals surface area contributed by atoms with Crippen molar-refractivity contribution in [1.29, 1.82) is 0 Å². The molecule has 0 bridgehead atoms. The zero-order valence-electron chi connectivity index (χ0n) is 10.9. The third kappa shape index (κ3) is 3.39. The molecule has 1 rings (SSSR count). The predicted octanol–water partition coefficient (Wildman–Crippen LogP) is 0.979. The first kappa shape index (κ1) is 14.4. The summed E-state index contributed by atoms with van der Waals surface area (Å²) in [7, 11) is 0. The summed E-state index contributed by atoms with van der Waals surface area (Å²) in [6.07, 6.45) is -1.76. The third-order valence-electron chi connectivity index (χ3n) is 3.00. The van der Waals surface area contributed by atoms with Crippen LogP contribution in [0.25, 0.3) is 0 Å². The molecule has 1 saturated heterocycles. The molecule has 0 saturated carbocycles. The van der Waals surface area contributed by atoms with E-state index in [4.69, 9.17) is 9.84 Å². The third-order valence-corrected chi connectivity index (χ3v) is 3.00. The molecule has 0 aromatic heterocycles. The fraction of sp³-hybridized carbons (Fsp3) is 0.917. The Hall–Kier alpha value is -0.680. The molecule has 17 heavy (non-hydrogen) atoms. The molecular formula is C12H22FNO3. The lowest BCUT2D eigenvalue weighted by molar-refractivity contribution is -0.158. The van der Waals surface area contributed by atoms with Gasteiger partial charge in [0.25, 0.3) is 0 Å². The number of hydrogen-bond acceptors (Lipinski definition) is 3. The summed E-state index contributed by atoms with van der Waals surface area (Å²) in [5.74, 6) is -0.427. The Bertz CT molecular complexity index is 281. The highest BCUT2D eigenvalue weighted by atomic mass is 19.1. The first-order chi connectivity index (χ1) is 7.77. The number of nitrogens with zero attached hydrogens (tertiary/aromatic N) is 1. The van der Waals surface area contributed by atoms with Crippen molar-refractivity contribution >= 4 is 5.91 Å². The number of amides is 1. The lowest BCUT2D eigenvalue weighted by Crippen LogP contribution is -2.58. The van der Waals surface area contributed by atoms with Crippen molar-refractivity contribution in [2.75, 3.05) is 19.7 Å². The summed E-state index contributed by atoms with van der Waals surface area (Å²) in [5.41, 5.74) is -0.452. The number of piperidine rings is 1. The zero-order valence-corrected chi connectivity index (χ0v) is 10.9. The number of carbonyl (C=O) groups is 1. The Kier molecular flexibility index (Phi) is 4.49. The van der Waals surface area contributed by atoms with Gasteiger partial charge in [0.2, 0.25) is 5.91 Å². The van der Waals surface area contributed by atoms with Gasteiger partial charge in [-0.2, -0.15) is 0 Å². The minimum atomic E-state index is -1.21. The van der Waals surface area contributed by atoms with E-state index in [2.05, 4.69) is 0 Å². The average molecular weight is 247 g/mol. The van der Waals surface area contributed by atoms with Crippen LogP contribution in [0.1, 0.15) is 27.7 Å². The molecule has 0 aromatic rings. The largest absolute Gasteiger partial charge is 0.387 e. The van der Waals surface area contributed by atoms with E-state index in [1.54, 1.807) is 0 Å². The molecule has 1 N–H and O–H groups in total. The van der Waals surface area contributed by atoms with Crippen LogP contribution in [-0.2, 0) is 9.53 Å². The molecular weight excluding hydrogens is 225 g/mol. The molecule has 0 aliphatic carbocycles. The molecule has 0 unspecified atom stereocenters. The van der Waals surface area contributed by atoms with E-state index >= 15 is 0 Å². The van der Waals surface area contributed by atoms with Crippen molar-refractivity contribution in [2.45, 2.75) is 46.1 Å². The number of likely N-dealkylation sites (tertiary alicyclic amines) is 1. The first-order valence-corrected chi connectivity index (χ1v) is 5.96. The van der Waals surface area contributed by atoms with Gasteiger partial charge in [-0.3, -0.25) is 4.79 Å². The van der Waals surface area contributed by atoms with Gasteiger partial charge in [0, 0.05) is 12.0 Å². The van der Waals surface area contributed by atoms with Gasteiger partial charge in [-0.15, -0.1) is 0 Å². The lowest BCUT2D eigenvalue weighted by atomic mass is 9.80. The van der Waals surface area contributed by atoms with E-state index in [0.29, 0.717) is 6.54 Å². The zero-order chi connectivity index (χ0) is 13.2. The van der Waals surface area contributed by atoms with E-state index in [0.717, 1.165) is 0 Å². The fourth-order valence-electron chi connectivity index (χ4n) is 2.29. The van der Waals surface area contributed by atoms with Crippen LogP contribution in [0.5, 0.6) is 0 Å². The summed E-state index contributed by atoms with van der Waals surface area (Å²) in [4.78, 5) is 12.8. The number of carbonyl (C=O) groups excluding carboxylic acids is 1. The maximum absolute atomic E-state index is 14.1. The second-order valence-corrected chi connectivity index (χ2v) is 5.54. The van der Waals surface area contributed by atoms with Crippen molar-refractivity contribution < 1.29 is 19.0 Å². The number of halogens is 1. The van der Waals surface area contributed by atoms with E-state index in [-0.39, 0.29) is 12.6 Å². The van der Waals surface area contributed by atoms with Crippen LogP contribution >= 0.6 is 0 Å². The molecule has 1 heterocycles.